The van der Waals surface area contributed by atoms with Crippen molar-refractivity contribution >= 4 is 49.2 Å². The molecule has 20 heavy (non-hydrogen) atoms. The van der Waals surface area contributed by atoms with E-state index < -0.39 is 0 Å². The third-order valence-electron chi connectivity index (χ3n) is 2.72. The Kier molecular flexibility index (Phi) is 5.24. The highest BCUT2D eigenvalue weighted by Gasteiger charge is 2.10. The lowest BCUT2D eigenvalue weighted by Crippen LogP contribution is -2.02. The largest absolute Gasteiger partial charge is 0.488 e. The molecular formula is C15H11Br2ClO2. The number of halogens is 3. The summed E-state index contributed by atoms with van der Waals surface area (Å²) in [5.41, 5.74) is 1.42. The topological polar surface area (TPSA) is 26.3 Å². The maximum atomic E-state index is 11.6. The van der Waals surface area contributed by atoms with Gasteiger partial charge in [-0.3, -0.25) is 4.79 Å². The van der Waals surface area contributed by atoms with Crippen molar-refractivity contribution in [1.29, 1.82) is 0 Å². The lowest BCUT2D eigenvalue weighted by atomic mass is 10.1. The van der Waals surface area contributed by atoms with Crippen molar-refractivity contribution in [1.82, 2.24) is 0 Å². The van der Waals surface area contributed by atoms with Gasteiger partial charge in [0.05, 0.1) is 5.56 Å². The number of benzene rings is 2. The van der Waals surface area contributed by atoms with E-state index >= 15 is 0 Å². The molecule has 0 fully saturated rings. The van der Waals surface area contributed by atoms with Gasteiger partial charge < -0.3 is 4.74 Å². The molecule has 0 radical (unpaired) electrons. The van der Waals surface area contributed by atoms with Crippen molar-refractivity contribution in [2.75, 3.05) is 0 Å². The SMILES string of the molecule is CC(=O)c1cc(Br)ccc1OCc1ccc(Br)cc1Cl. The standard InChI is InChI=1S/C15H11Br2ClO2/c1-9(19)13-6-11(16)4-5-15(13)20-8-10-2-3-12(17)7-14(10)18/h2-7H,8H2,1H3. The third-order valence-corrected chi connectivity index (χ3v) is 4.06. The third kappa shape index (κ3) is 3.84. The molecule has 0 saturated heterocycles. The molecule has 0 aliphatic rings. The Hall–Kier alpha value is -0.840. The molecule has 0 aliphatic carbocycles. The molecule has 0 heterocycles. The van der Waals surface area contributed by atoms with E-state index in [4.69, 9.17) is 16.3 Å². The van der Waals surface area contributed by atoms with Crippen LogP contribution in [-0.4, -0.2) is 5.78 Å². The molecule has 0 unspecified atom stereocenters. The zero-order valence-electron chi connectivity index (χ0n) is 10.6. The molecule has 0 amide bonds. The van der Waals surface area contributed by atoms with E-state index in [1.165, 1.54) is 6.92 Å². The molecule has 104 valence electrons. The van der Waals surface area contributed by atoms with Gasteiger partial charge in [0.1, 0.15) is 12.4 Å². The number of ether oxygens (including phenoxy) is 1. The van der Waals surface area contributed by atoms with Crippen LogP contribution in [0.25, 0.3) is 0 Å². The fourth-order valence-corrected chi connectivity index (χ4v) is 2.79. The summed E-state index contributed by atoms with van der Waals surface area (Å²) in [5.74, 6) is 0.517. The zero-order valence-corrected chi connectivity index (χ0v) is 14.5. The van der Waals surface area contributed by atoms with E-state index in [9.17, 15) is 4.79 Å². The maximum absolute atomic E-state index is 11.6. The van der Waals surface area contributed by atoms with Crippen LogP contribution in [0.5, 0.6) is 5.75 Å². The van der Waals surface area contributed by atoms with E-state index in [0.717, 1.165) is 14.5 Å². The molecule has 2 aromatic carbocycles. The normalized spacial score (nSPS) is 10.4. The van der Waals surface area contributed by atoms with Gasteiger partial charge >= 0.3 is 0 Å². The van der Waals surface area contributed by atoms with Crippen LogP contribution < -0.4 is 4.74 Å². The van der Waals surface area contributed by atoms with E-state index in [0.29, 0.717) is 22.9 Å². The van der Waals surface area contributed by atoms with E-state index in [2.05, 4.69) is 31.9 Å². The first kappa shape index (κ1) is 15.5. The fraction of sp³-hybridized carbons (Fsp3) is 0.133. The van der Waals surface area contributed by atoms with Gasteiger partial charge in [-0.1, -0.05) is 49.5 Å². The first-order valence-electron chi connectivity index (χ1n) is 5.84. The molecule has 2 nitrogen and oxygen atoms in total. The minimum atomic E-state index is -0.0387. The van der Waals surface area contributed by atoms with Gasteiger partial charge in [0, 0.05) is 19.5 Å². The van der Waals surface area contributed by atoms with Crippen LogP contribution in [0.4, 0.5) is 0 Å². The van der Waals surface area contributed by atoms with Crippen molar-refractivity contribution < 1.29 is 9.53 Å². The van der Waals surface area contributed by atoms with Gasteiger partial charge in [-0.25, -0.2) is 0 Å². The van der Waals surface area contributed by atoms with Crippen molar-refractivity contribution in [3.63, 3.8) is 0 Å². The average molecular weight is 419 g/mol. The summed E-state index contributed by atoms with van der Waals surface area (Å²) in [6, 6.07) is 11.0. The molecule has 0 N–H and O–H groups in total. The van der Waals surface area contributed by atoms with Gasteiger partial charge in [-0.15, -0.1) is 0 Å². The van der Waals surface area contributed by atoms with Crippen LogP contribution in [-0.2, 0) is 6.61 Å². The highest BCUT2D eigenvalue weighted by atomic mass is 79.9. The second-order valence-corrected chi connectivity index (χ2v) is 6.46. The second-order valence-electron chi connectivity index (χ2n) is 4.22. The molecule has 0 aliphatic heterocycles. The molecule has 5 heteroatoms. The van der Waals surface area contributed by atoms with Crippen LogP contribution in [0.3, 0.4) is 0 Å². The van der Waals surface area contributed by atoms with Crippen LogP contribution in [0.15, 0.2) is 45.3 Å². The van der Waals surface area contributed by atoms with Crippen LogP contribution in [0.1, 0.15) is 22.8 Å². The van der Waals surface area contributed by atoms with Gasteiger partial charge in [0.15, 0.2) is 5.78 Å². The molecule has 0 spiro atoms. The van der Waals surface area contributed by atoms with Gasteiger partial charge in [0.2, 0.25) is 0 Å². The molecule has 2 rings (SSSR count). The van der Waals surface area contributed by atoms with Crippen molar-refractivity contribution in [2.24, 2.45) is 0 Å². The lowest BCUT2D eigenvalue weighted by molar-refractivity contribution is 0.101. The summed E-state index contributed by atoms with van der Waals surface area (Å²) in [6.45, 7) is 1.83. The van der Waals surface area contributed by atoms with Gasteiger partial charge in [0.25, 0.3) is 0 Å². The Bertz CT molecular complexity index is 656. The van der Waals surface area contributed by atoms with E-state index in [1.54, 1.807) is 12.1 Å². The number of hydrogen-bond donors (Lipinski definition) is 0. The molecule has 0 bridgehead atoms. The molecule has 0 saturated carbocycles. The fourth-order valence-electron chi connectivity index (χ4n) is 1.70. The smallest absolute Gasteiger partial charge is 0.163 e. The van der Waals surface area contributed by atoms with Crippen molar-refractivity contribution in [2.45, 2.75) is 13.5 Å². The first-order chi connectivity index (χ1) is 9.47. The highest BCUT2D eigenvalue weighted by molar-refractivity contribution is 9.10. The highest BCUT2D eigenvalue weighted by Crippen LogP contribution is 2.27. The van der Waals surface area contributed by atoms with Gasteiger partial charge in [-0.2, -0.15) is 0 Å². The average Bonchev–Trinajstić information content (AvgIpc) is 2.38. The van der Waals surface area contributed by atoms with Gasteiger partial charge in [-0.05, 0) is 37.3 Å². The van der Waals surface area contributed by atoms with Crippen molar-refractivity contribution in [3.05, 3.63) is 61.5 Å². The number of hydrogen-bond acceptors (Lipinski definition) is 2. The zero-order chi connectivity index (χ0) is 14.7. The Morgan fingerprint density at radius 3 is 2.45 bits per heavy atom. The number of ketones is 1. The maximum Gasteiger partial charge on any atom is 0.163 e. The van der Waals surface area contributed by atoms with E-state index in [-0.39, 0.29) is 5.78 Å². The second kappa shape index (κ2) is 6.74. The Balaban J connectivity index is 2.20. The van der Waals surface area contributed by atoms with Crippen LogP contribution >= 0.6 is 43.5 Å². The number of carbonyl (C=O) groups excluding carboxylic acids is 1. The molecule has 0 aromatic heterocycles. The summed E-state index contributed by atoms with van der Waals surface area (Å²) >= 11 is 12.8. The quantitative estimate of drug-likeness (QED) is 0.600. The van der Waals surface area contributed by atoms with E-state index in [1.807, 2.05) is 24.3 Å². The number of Topliss-reactive ketones (excluding diaryl/α,β-unsaturated/α-hetero) is 1. The Morgan fingerprint density at radius 1 is 1.15 bits per heavy atom. The summed E-state index contributed by atoms with van der Waals surface area (Å²) in [6.07, 6.45) is 0. The molecular weight excluding hydrogens is 407 g/mol. The first-order valence-corrected chi connectivity index (χ1v) is 7.81. The Morgan fingerprint density at radius 2 is 1.80 bits per heavy atom. The summed E-state index contributed by atoms with van der Waals surface area (Å²) < 4.78 is 7.48. The number of rotatable bonds is 4. The summed E-state index contributed by atoms with van der Waals surface area (Å²) in [5, 5.41) is 0.626. The minimum Gasteiger partial charge on any atom is -0.488 e. The van der Waals surface area contributed by atoms with Crippen molar-refractivity contribution in [3.8, 4) is 5.75 Å². The lowest BCUT2D eigenvalue weighted by Gasteiger charge is -2.11. The monoisotopic (exact) mass is 416 g/mol. The predicted molar refractivity (Wildman–Crippen MR) is 87.6 cm³/mol. The predicted octanol–water partition coefficient (Wildman–Crippen LogP) is 5.65. The molecule has 2 aromatic rings. The summed E-state index contributed by atoms with van der Waals surface area (Å²) in [4.78, 5) is 11.6. The van der Waals surface area contributed by atoms with Crippen LogP contribution in [0.2, 0.25) is 5.02 Å². The minimum absolute atomic E-state index is 0.0387. The Labute approximate surface area is 139 Å². The summed E-state index contributed by atoms with van der Waals surface area (Å²) in [7, 11) is 0. The molecule has 0 atom stereocenters. The number of carbonyl (C=O) groups is 1. The van der Waals surface area contributed by atoms with Crippen LogP contribution in [0, 0.1) is 0 Å².